The van der Waals surface area contributed by atoms with E-state index in [4.69, 9.17) is 11.5 Å². The van der Waals surface area contributed by atoms with Gasteiger partial charge in [-0.1, -0.05) is 18.2 Å². The van der Waals surface area contributed by atoms with Crippen molar-refractivity contribution in [1.82, 2.24) is 0 Å². The number of fused-ring (bicyclic) bond motifs is 1. The summed E-state index contributed by atoms with van der Waals surface area (Å²) in [4.78, 5) is 15.4. The first kappa shape index (κ1) is 18.3. The van der Waals surface area contributed by atoms with E-state index in [0.29, 0.717) is 18.1 Å². The number of rotatable bonds is 4. The number of benzene rings is 2. The van der Waals surface area contributed by atoms with Crippen molar-refractivity contribution in [3.63, 3.8) is 0 Å². The number of primary amides is 1. The Morgan fingerprint density at radius 2 is 1.75 bits per heavy atom. The van der Waals surface area contributed by atoms with Crippen molar-refractivity contribution in [3.05, 3.63) is 64.7 Å². The van der Waals surface area contributed by atoms with Crippen LogP contribution in [0.4, 0.5) is 5.69 Å². The van der Waals surface area contributed by atoms with Crippen molar-refractivity contribution in [1.29, 1.82) is 0 Å². The second-order valence-electron chi connectivity index (χ2n) is 5.72. The van der Waals surface area contributed by atoms with E-state index >= 15 is 0 Å². The van der Waals surface area contributed by atoms with Gasteiger partial charge in [-0.2, -0.15) is 0 Å². The second kappa shape index (κ2) is 8.14. The van der Waals surface area contributed by atoms with Crippen LogP contribution in [0.5, 0.6) is 0 Å². The summed E-state index contributed by atoms with van der Waals surface area (Å²) >= 11 is 0. The Bertz CT molecular complexity index is 756. The van der Waals surface area contributed by atoms with Gasteiger partial charge >= 0.3 is 0 Å². The lowest BCUT2D eigenvalue weighted by Gasteiger charge is -2.08. The summed E-state index contributed by atoms with van der Waals surface area (Å²) in [6, 6.07) is 13.4. The molecule has 6 heteroatoms. The van der Waals surface area contributed by atoms with Crippen LogP contribution in [0.2, 0.25) is 0 Å². The Morgan fingerprint density at radius 1 is 1.04 bits per heavy atom. The molecule has 5 N–H and O–H groups in total. The third-order valence-electron chi connectivity index (χ3n) is 4.04. The molecule has 0 radical (unpaired) electrons. The van der Waals surface area contributed by atoms with Gasteiger partial charge in [-0.05, 0) is 60.2 Å². The highest BCUT2D eigenvalue weighted by Gasteiger charge is 2.10. The van der Waals surface area contributed by atoms with Gasteiger partial charge in [-0.25, -0.2) is 4.99 Å². The summed E-state index contributed by atoms with van der Waals surface area (Å²) in [5.41, 5.74) is 16.4. The Balaban J connectivity index is 0.00000208. The molecule has 0 atom stereocenters. The van der Waals surface area contributed by atoms with Gasteiger partial charge in [-0.3, -0.25) is 4.79 Å². The van der Waals surface area contributed by atoms with Crippen LogP contribution in [0.15, 0.2) is 47.5 Å². The Morgan fingerprint density at radius 3 is 2.46 bits per heavy atom. The molecule has 0 aromatic heterocycles. The van der Waals surface area contributed by atoms with Crippen LogP contribution in [0.1, 0.15) is 33.5 Å². The number of halogens is 1. The number of guanidine groups is 1. The number of carbonyl (C=O) groups is 1. The van der Waals surface area contributed by atoms with Crippen LogP contribution in [-0.2, 0) is 19.4 Å². The van der Waals surface area contributed by atoms with Gasteiger partial charge < -0.3 is 16.8 Å². The van der Waals surface area contributed by atoms with Crippen LogP contribution >= 0.6 is 24.0 Å². The Kier molecular flexibility index (Phi) is 6.19. The quantitative estimate of drug-likeness (QED) is 0.391. The lowest BCUT2D eigenvalue weighted by atomic mass is 10.1. The van der Waals surface area contributed by atoms with E-state index < -0.39 is 5.91 Å². The number of nitrogens with two attached hydrogens (primary N) is 2. The van der Waals surface area contributed by atoms with Crippen LogP contribution in [0.3, 0.4) is 0 Å². The van der Waals surface area contributed by atoms with Crippen LogP contribution in [0.25, 0.3) is 0 Å². The molecule has 0 aliphatic heterocycles. The first-order valence-electron chi connectivity index (χ1n) is 7.69. The number of aryl methyl sites for hydroxylation is 2. The molecule has 1 aliphatic rings. The molecular weight excluding hydrogens is 415 g/mol. The van der Waals surface area contributed by atoms with Crippen molar-refractivity contribution >= 4 is 41.5 Å². The predicted molar refractivity (Wildman–Crippen MR) is 108 cm³/mol. The highest BCUT2D eigenvalue weighted by molar-refractivity contribution is 14.0. The molecule has 126 valence electrons. The number of nitrogens with one attached hydrogen (secondary N) is 1. The van der Waals surface area contributed by atoms with E-state index in [9.17, 15) is 4.79 Å². The third-order valence-corrected chi connectivity index (χ3v) is 4.04. The van der Waals surface area contributed by atoms with Crippen molar-refractivity contribution in [2.75, 3.05) is 5.32 Å². The second-order valence-corrected chi connectivity index (χ2v) is 5.72. The predicted octanol–water partition coefficient (Wildman–Crippen LogP) is 2.82. The zero-order valence-corrected chi connectivity index (χ0v) is 15.6. The third kappa shape index (κ3) is 4.47. The van der Waals surface area contributed by atoms with Gasteiger partial charge in [0.25, 0.3) is 0 Å². The molecular formula is C18H21IN4O. The first-order valence-corrected chi connectivity index (χ1v) is 7.69. The van der Waals surface area contributed by atoms with Gasteiger partial charge in [0, 0.05) is 11.3 Å². The Hall–Kier alpha value is -2.09. The number of hydrogen-bond donors (Lipinski definition) is 3. The van der Waals surface area contributed by atoms with Gasteiger partial charge in [0.15, 0.2) is 5.96 Å². The van der Waals surface area contributed by atoms with Gasteiger partial charge in [0.05, 0.1) is 6.54 Å². The molecule has 1 amide bonds. The first-order chi connectivity index (χ1) is 11.1. The van der Waals surface area contributed by atoms with Crippen molar-refractivity contribution in [3.8, 4) is 0 Å². The standard InChI is InChI=1S/C18H20N4O.HI/c19-17(23)14-6-4-12(5-7-14)11-21-18(20)22-16-9-8-13-2-1-3-15(13)10-16;/h4-10H,1-3,11H2,(H2,19,23)(H3,20,21,22);1H. The van der Waals surface area contributed by atoms with E-state index in [1.54, 1.807) is 12.1 Å². The Labute approximate surface area is 158 Å². The molecule has 0 spiro atoms. The molecule has 0 unspecified atom stereocenters. The summed E-state index contributed by atoms with van der Waals surface area (Å²) in [5.74, 6) is -0.0558. The summed E-state index contributed by atoms with van der Waals surface area (Å²) < 4.78 is 0. The minimum absolute atomic E-state index is 0. The van der Waals surface area contributed by atoms with E-state index in [1.807, 2.05) is 18.2 Å². The van der Waals surface area contributed by atoms with E-state index in [2.05, 4.69) is 22.4 Å². The van der Waals surface area contributed by atoms with Crippen LogP contribution < -0.4 is 16.8 Å². The molecule has 5 nitrogen and oxygen atoms in total. The van der Waals surface area contributed by atoms with Gasteiger partial charge in [0.1, 0.15) is 0 Å². The molecule has 2 aromatic rings. The highest BCUT2D eigenvalue weighted by Crippen LogP contribution is 2.24. The normalized spacial score (nSPS) is 13.1. The smallest absolute Gasteiger partial charge is 0.248 e. The molecule has 24 heavy (non-hydrogen) atoms. The van der Waals surface area contributed by atoms with E-state index in [-0.39, 0.29) is 24.0 Å². The maximum Gasteiger partial charge on any atom is 0.248 e. The number of anilines is 1. The maximum absolute atomic E-state index is 11.0. The average Bonchev–Trinajstić information content (AvgIpc) is 3.01. The number of nitrogens with zero attached hydrogens (tertiary/aromatic N) is 1. The fourth-order valence-electron chi connectivity index (χ4n) is 2.79. The van der Waals surface area contributed by atoms with Gasteiger partial charge in [0.2, 0.25) is 5.91 Å². The number of aliphatic imine (C=N–C) groups is 1. The molecule has 2 aromatic carbocycles. The molecule has 0 bridgehead atoms. The summed E-state index contributed by atoms with van der Waals surface area (Å²) in [6.07, 6.45) is 3.53. The summed E-state index contributed by atoms with van der Waals surface area (Å²) in [5, 5.41) is 3.13. The lowest BCUT2D eigenvalue weighted by molar-refractivity contribution is 0.100. The van der Waals surface area contributed by atoms with Crippen molar-refractivity contribution in [2.24, 2.45) is 16.5 Å². The van der Waals surface area contributed by atoms with Crippen LogP contribution in [0, 0.1) is 0 Å². The molecule has 0 saturated heterocycles. The number of amides is 1. The monoisotopic (exact) mass is 436 g/mol. The minimum atomic E-state index is -0.433. The maximum atomic E-state index is 11.0. The number of carbonyl (C=O) groups excluding carboxylic acids is 1. The largest absolute Gasteiger partial charge is 0.370 e. The number of hydrogen-bond acceptors (Lipinski definition) is 2. The van der Waals surface area contributed by atoms with Gasteiger partial charge in [-0.15, -0.1) is 24.0 Å². The fourth-order valence-corrected chi connectivity index (χ4v) is 2.79. The lowest BCUT2D eigenvalue weighted by Crippen LogP contribution is -2.22. The SMILES string of the molecule is I.NC(=O)c1ccc(CN=C(N)Nc2ccc3c(c2)CCC3)cc1. The summed E-state index contributed by atoms with van der Waals surface area (Å²) in [6.45, 7) is 0.447. The molecule has 3 rings (SSSR count). The molecule has 0 fully saturated rings. The molecule has 0 heterocycles. The van der Waals surface area contributed by atoms with E-state index in [1.165, 1.54) is 24.0 Å². The summed E-state index contributed by atoms with van der Waals surface area (Å²) in [7, 11) is 0. The van der Waals surface area contributed by atoms with Crippen molar-refractivity contribution in [2.45, 2.75) is 25.8 Å². The molecule has 0 saturated carbocycles. The zero-order chi connectivity index (χ0) is 16.2. The average molecular weight is 436 g/mol. The molecule has 1 aliphatic carbocycles. The topological polar surface area (TPSA) is 93.5 Å². The zero-order valence-electron chi connectivity index (χ0n) is 13.3. The van der Waals surface area contributed by atoms with Crippen LogP contribution in [-0.4, -0.2) is 11.9 Å². The van der Waals surface area contributed by atoms with Crippen molar-refractivity contribution < 1.29 is 4.79 Å². The fraction of sp³-hybridized carbons (Fsp3) is 0.222. The highest BCUT2D eigenvalue weighted by atomic mass is 127. The minimum Gasteiger partial charge on any atom is -0.370 e. The van der Waals surface area contributed by atoms with E-state index in [0.717, 1.165) is 17.7 Å².